The van der Waals surface area contributed by atoms with Crippen LogP contribution >= 0.6 is 0 Å². The average molecular weight is 521 g/mol. The van der Waals surface area contributed by atoms with Crippen LogP contribution in [0.25, 0.3) is 0 Å². The van der Waals surface area contributed by atoms with Gasteiger partial charge in [0.15, 0.2) is 0 Å². The molecular weight excluding hydrogens is 513 g/mol. The zero-order valence-electron chi connectivity index (χ0n) is 11.1. The van der Waals surface area contributed by atoms with E-state index >= 15 is 0 Å². The van der Waals surface area contributed by atoms with Crippen molar-refractivity contribution < 1.29 is 103 Å². The van der Waals surface area contributed by atoms with Crippen LogP contribution in [0.15, 0.2) is 0 Å². The van der Waals surface area contributed by atoms with Crippen LogP contribution in [0, 0.1) is 0 Å². The summed E-state index contributed by atoms with van der Waals surface area (Å²) < 4.78 is 0. The fourth-order valence-corrected chi connectivity index (χ4v) is 0. The molecule has 0 aromatic rings. The maximum atomic E-state index is 8.93. The number of carboxylic acid groups (broad SMARTS) is 6. The topological polar surface area (TPSA) is 367 Å². The van der Waals surface area contributed by atoms with Crippen molar-refractivity contribution in [2.24, 2.45) is 0 Å². The third-order valence-corrected chi connectivity index (χ3v) is 0.500. The van der Waals surface area contributed by atoms with E-state index in [1.165, 1.54) is 0 Å². The molecule has 16 nitrogen and oxygen atoms in total. The summed E-state index contributed by atoms with van der Waals surface area (Å²) in [7, 11) is 0. The molecule has 18 heteroatoms. The van der Waals surface area contributed by atoms with E-state index in [2.05, 4.69) is 0 Å². The molecule has 0 saturated carbocycles. The van der Waals surface area contributed by atoms with Gasteiger partial charge in [-0.2, -0.15) is 0 Å². The van der Waals surface area contributed by atoms with E-state index in [1.54, 1.807) is 0 Å². The molecule has 0 spiro atoms. The Balaban J connectivity index is -0.0000000179. The second kappa shape index (κ2) is 33.5. The van der Waals surface area contributed by atoms with Crippen molar-refractivity contribution in [1.29, 1.82) is 0 Å². The summed E-state index contributed by atoms with van der Waals surface area (Å²) in [4.78, 5) is 53.6. The van der Waals surface area contributed by atoms with E-state index in [0.29, 0.717) is 0 Å². The van der Waals surface area contributed by atoms with Gasteiger partial charge in [-0.05, 0) is 0 Å². The maximum absolute atomic E-state index is 8.93. The molecule has 0 fully saturated rings. The second-order valence-electron chi connectivity index (χ2n) is 1.72. The van der Waals surface area contributed by atoms with Gasteiger partial charge in [-0.25, -0.2) is 0 Å². The molecular formula is C6H8BaO16Ti. The minimum absolute atomic E-state index is 0. The van der Waals surface area contributed by atoms with Crippen LogP contribution in [0.2, 0.25) is 0 Å². The van der Waals surface area contributed by atoms with Gasteiger partial charge in [-0.1, -0.05) is 0 Å². The van der Waals surface area contributed by atoms with Gasteiger partial charge in [-0.15, -0.1) is 0 Å². The van der Waals surface area contributed by atoms with Crippen LogP contribution in [-0.4, -0.2) is 107 Å². The quantitative estimate of drug-likeness (QED) is 0.212. The number of carbonyl (C=O) groups excluding carboxylic acids is 6. The summed E-state index contributed by atoms with van der Waals surface area (Å²) in [6, 6.07) is 0. The Kier molecular flexibility index (Phi) is 79.4. The van der Waals surface area contributed by atoms with E-state index in [4.69, 9.17) is 59.4 Å². The number of carboxylic acids is 6. The summed E-state index contributed by atoms with van der Waals surface area (Å²) in [6.45, 7) is 0. The van der Waals surface area contributed by atoms with Crippen molar-refractivity contribution in [3.63, 3.8) is 0 Å². The molecule has 0 unspecified atom stereocenters. The Bertz CT molecular complexity index is 286. The number of hydrogen-bond acceptors (Lipinski definition) is 12. The summed E-state index contributed by atoms with van der Waals surface area (Å²) in [5, 5.41) is 53.6. The summed E-state index contributed by atoms with van der Waals surface area (Å²) in [5.74, 6) is -13.1. The van der Waals surface area contributed by atoms with E-state index in [0.717, 1.165) is 0 Å². The zero-order valence-corrected chi connectivity index (χ0v) is 17.1. The molecule has 0 aliphatic carbocycles. The van der Waals surface area contributed by atoms with Gasteiger partial charge >= 0.3 is 70.6 Å². The van der Waals surface area contributed by atoms with Crippen LogP contribution in [0.5, 0.6) is 0 Å². The van der Waals surface area contributed by atoms with Gasteiger partial charge in [0.1, 0.15) is 0 Å². The Morgan fingerprint density at radius 1 is 0.375 bits per heavy atom. The largest absolute Gasteiger partial charge is 4.00 e. The van der Waals surface area contributed by atoms with Crippen molar-refractivity contribution in [3.8, 4) is 0 Å². The summed E-state index contributed by atoms with van der Waals surface area (Å²) in [5.41, 5.74) is 0. The van der Waals surface area contributed by atoms with Crippen molar-refractivity contribution >= 4 is 84.7 Å². The Hall–Kier alpha value is -1.05. The average Bonchev–Trinajstić information content (AvgIpc) is 2.18. The molecule has 0 rings (SSSR count). The first-order chi connectivity index (χ1) is 7.93. The zero-order chi connectivity index (χ0) is 15.5. The second-order valence-corrected chi connectivity index (χ2v) is 1.72. The molecule has 0 bridgehead atoms. The molecule has 0 aliphatic heterocycles. The first kappa shape index (κ1) is 56.8. The third kappa shape index (κ3) is 69.6. The fraction of sp³-hybridized carbons (Fsp3) is 0. The Morgan fingerprint density at radius 2 is 0.417 bits per heavy atom. The molecule has 0 aliphatic rings. The van der Waals surface area contributed by atoms with Gasteiger partial charge in [-0.3, -0.25) is 0 Å². The van der Waals surface area contributed by atoms with Gasteiger partial charge in [0.2, 0.25) is 0 Å². The third-order valence-electron chi connectivity index (χ3n) is 0.500. The first-order valence-corrected chi connectivity index (χ1v) is 3.20. The van der Waals surface area contributed by atoms with E-state index in [1.807, 2.05) is 0 Å². The number of hydrogen-bond donors (Lipinski definition) is 0. The monoisotopic (exact) mass is 522 g/mol. The van der Waals surface area contributed by atoms with Crippen molar-refractivity contribution in [2.75, 3.05) is 0 Å². The molecule has 0 atom stereocenters. The van der Waals surface area contributed by atoms with Gasteiger partial charge in [0, 0.05) is 0 Å². The molecule has 0 aromatic heterocycles. The molecule has 0 radical (unpaired) electrons. The van der Waals surface area contributed by atoms with Gasteiger partial charge < -0.3 is 81.3 Å². The Labute approximate surface area is 186 Å². The first-order valence-electron chi connectivity index (χ1n) is 3.20. The van der Waals surface area contributed by atoms with Crippen molar-refractivity contribution in [2.45, 2.75) is 0 Å². The normalized spacial score (nSPS) is 5.50. The molecule has 0 heterocycles. The molecule has 0 amide bonds. The van der Waals surface area contributed by atoms with Crippen LogP contribution in [0.4, 0.5) is 0 Å². The standard InChI is InChI=1S/3C2H2O4.Ba.4H2O.Ti/c3*3-1(4)2(5)6;;;;;;/h3*(H,3,4)(H,5,6);;4*1H2;/q;;;+2;;;;;+4/p-6. The van der Waals surface area contributed by atoms with Crippen LogP contribution in [-0.2, 0) is 50.5 Å². The van der Waals surface area contributed by atoms with E-state index in [-0.39, 0.29) is 92.5 Å². The minimum atomic E-state index is -2.19. The molecule has 0 aromatic carbocycles. The minimum Gasteiger partial charge on any atom is -0.543 e. The number of carbonyl (C=O) groups is 6. The molecule has 0 saturated heterocycles. The predicted octanol–water partition coefficient (Wildman–Crippen LogP) is -14.2. The molecule has 134 valence electrons. The Morgan fingerprint density at radius 3 is 0.417 bits per heavy atom. The van der Waals surface area contributed by atoms with E-state index < -0.39 is 35.8 Å². The predicted molar refractivity (Wildman–Crippen MR) is 50.3 cm³/mol. The fourth-order valence-electron chi connectivity index (χ4n) is 0. The summed E-state index contributed by atoms with van der Waals surface area (Å²) >= 11 is 0. The number of rotatable bonds is 0. The van der Waals surface area contributed by atoms with Crippen LogP contribution < -0.4 is 30.6 Å². The van der Waals surface area contributed by atoms with Crippen LogP contribution in [0.1, 0.15) is 0 Å². The molecule has 8 N–H and O–H groups in total. The van der Waals surface area contributed by atoms with Gasteiger partial charge in [0.25, 0.3) is 0 Å². The molecule has 24 heavy (non-hydrogen) atoms. The van der Waals surface area contributed by atoms with E-state index in [9.17, 15) is 0 Å². The SMILES string of the molecule is O.O.O.O.O=C([O-])C(=O)[O-].O=C([O-])C(=O)[O-].O=C([O-])C(=O)[O-].[Ba+2].[Ti+4]. The number of aliphatic carboxylic acids is 6. The maximum Gasteiger partial charge on any atom is 4.00 e. The summed E-state index contributed by atoms with van der Waals surface area (Å²) in [6.07, 6.45) is 0. The van der Waals surface area contributed by atoms with Crippen molar-refractivity contribution in [1.82, 2.24) is 0 Å². The van der Waals surface area contributed by atoms with Crippen LogP contribution in [0.3, 0.4) is 0 Å². The van der Waals surface area contributed by atoms with Gasteiger partial charge in [0.05, 0.1) is 35.8 Å². The smallest absolute Gasteiger partial charge is 0.543 e. The van der Waals surface area contributed by atoms with Crippen molar-refractivity contribution in [3.05, 3.63) is 0 Å².